The Bertz CT molecular complexity index is 480. The average Bonchev–Trinajstić information content (AvgIpc) is 2.84. The highest BCUT2D eigenvalue weighted by Gasteiger charge is 2.09. The lowest BCUT2D eigenvalue weighted by molar-refractivity contribution is 0.403. The Morgan fingerprint density at radius 3 is 2.78 bits per heavy atom. The first-order valence-electron chi connectivity index (χ1n) is 6.04. The molecule has 1 heterocycles. The SMILES string of the molecule is CC(Nc1ccccc1CN(C)C)c1cscn1. The first-order chi connectivity index (χ1) is 8.66. The molecule has 0 amide bonds. The molecule has 0 aliphatic rings. The van der Waals surface area contributed by atoms with Gasteiger partial charge in [-0.1, -0.05) is 18.2 Å². The fraction of sp³-hybridized carbons (Fsp3) is 0.357. The van der Waals surface area contributed by atoms with E-state index in [4.69, 9.17) is 0 Å². The van der Waals surface area contributed by atoms with Crippen molar-refractivity contribution in [3.63, 3.8) is 0 Å². The molecule has 0 bridgehead atoms. The van der Waals surface area contributed by atoms with Gasteiger partial charge in [-0.05, 0) is 32.6 Å². The Kier molecular flexibility index (Phi) is 4.33. The summed E-state index contributed by atoms with van der Waals surface area (Å²) in [5.41, 5.74) is 5.47. The highest BCUT2D eigenvalue weighted by molar-refractivity contribution is 7.07. The third kappa shape index (κ3) is 3.31. The summed E-state index contributed by atoms with van der Waals surface area (Å²) in [5, 5.41) is 5.63. The van der Waals surface area contributed by atoms with Crippen molar-refractivity contribution in [1.29, 1.82) is 0 Å². The third-order valence-corrected chi connectivity index (χ3v) is 3.38. The molecule has 3 nitrogen and oxygen atoms in total. The zero-order valence-electron chi connectivity index (χ0n) is 11.1. The highest BCUT2D eigenvalue weighted by Crippen LogP contribution is 2.22. The Balaban J connectivity index is 2.13. The van der Waals surface area contributed by atoms with Crippen LogP contribution in [0.2, 0.25) is 0 Å². The molecule has 0 aliphatic heterocycles. The molecule has 0 aliphatic carbocycles. The second-order valence-electron chi connectivity index (χ2n) is 4.67. The van der Waals surface area contributed by atoms with Gasteiger partial charge in [-0.2, -0.15) is 0 Å². The van der Waals surface area contributed by atoms with E-state index in [9.17, 15) is 0 Å². The van der Waals surface area contributed by atoms with Crippen LogP contribution in [-0.4, -0.2) is 24.0 Å². The third-order valence-electron chi connectivity index (χ3n) is 2.77. The lowest BCUT2D eigenvalue weighted by Crippen LogP contribution is -2.14. The van der Waals surface area contributed by atoms with E-state index in [1.807, 2.05) is 5.51 Å². The van der Waals surface area contributed by atoms with Crippen LogP contribution in [0, 0.1) is 0 Å². The van der Waals surface area contributed by atoms with Gasteiger partial charge in [0.1, 0.15) is 0 Å². The minimum atomic E-state index is 0.236. The van der Waals surface area contributed by atoms with Crippen LogP contribution in [0.4, 0.5) is 5.69 Å². The summed E-state index contributed by atoms with van der Waals surface area (Å²) in [7, 11) is 4.17. The molecule has 1 N–H and O–H groups in total. The molecular weight excluding hydrogens is 242 g/mol. The van der Waals surface area contributed by atoms with Crippen molar-refractivity contribution >= 4 is 17.0 Å². The molecule has 2 rings (SSSR count). The van der Waals surface area contributed by atoms with Crippen LogP contribution in [0.15, 0.2) is 35.2 Å². The van der Waals surface area contributed by atoms with E-state index in [-0.39, 0.29) is 6.04 Å². The van der Waals surface area contributed by atoms with Gasteiger partial charge in [0.15, 0.2) is 0 Å². The number of thiazole rings is 1. The summed E-state index contributed by atoms with van der Waals surface area (Å²) >= 11 is 1.63. The normalized spacial score (nSPS) is 12.7. The molecule has 0 fully saturated rings. The van der Waals surface area contributed by atoms with E-state index in [0.717, 1.165) is 12.2 Å². The quantitative estimate of drug-likeness (QED) is 0.894. The number of para-hydroxylation sites is 1. The van der Waals surface area contributed by atoms with Crippen molar-refractivity contribution in [3.05, 3.63) is 46.4 Å². The van der Waals surface area contributed by atoms with Gasteiger partial charge in [-0.3, -0.25) is 0 Å². The van der Waals surface area contributed by atoms with Gasteiger partial charge < -0.3 is 10.2 Å². The first-order valence-corrected chi connectivity index (χ1v) is 6.98. The van der Waals surface area contributed by atoms with Gasteiger partial charge >= 0.3 is 0 Å². The summed E-state index contributed by atoms with van der Waals surface area (Å²) < 4.78 is 0. The highest BCUT2D eigenvalue weighted by atomic mass is 32.1. The van der Waals surface area contributed by atoms with Gasteiger partial charge in [0.25, 0.3) is 0 Å². The number of benzene rings is 1. The maximum absolute atomic E-state index is 4.35. The monoisotopic (exact) mass is 261 g/mol. The van der Waals surface area contributed by atoms with Crippen LogP contribution in [0.5, 0.6) is 0 Å². The minimum absolute atomic E-state index is 0.236. The maximum Gasteiger partial charge on any atom is 0.0795 e. The van der Waals surface area contributed by atoms with Crippen molar-refractivity contribution in [1.82, 2.24) is 9.88 Å². The zero-order chi connectivity index (χ0) is 13.0. The van der Waals surface area contributed by atoms with E-state index in [0.29, 0.717) is 0 Å². The predicted octanol–water partition coefficient (Wildman–Crippen LogP) is 3.38. The first kappa shape index (κ1) is 13.1. The van der Waals surface area contributed by atoms with Crippen LogP contribution in [0.25, 0.3) is 0 Å². The Labute approximate surface area is 112 Å². The molecule has 4 heteroatoms. The van der Waals surface area contributed by atoms with Gasteiger partial charge in [-0.25, -0.2) is 4.98 Å². The minimum Gasteiger partial charge on any atom is -0.377 e. The molecule has 18 heavy (non-hydrogen) atoms. The van der Waals surface area contributed by atoms with E-state index < -0.39 is 0 Å². The van der Waals surface area contributed by atoms with Crippen molar-refractivity contribution in [2.45, 2.75) is 19.5 Å². The van der Waals surface area contributed by atoms with E-state index in [2.05, 4.69) is 65.9 Å². The molecule has 2 aromatic rings. The second kappa shape index (κ2) is 5.98. The summed E-state index contributed by atoms with van der Waals surface area (Å²) in [6, 6.07) is 8.67. The van der Waals surface area contributed by atoms with Crippen LogP contribution in [0.1, 0.15) is 24.2 Å². The number of anilines is 1. The molecule has 0 spiro atoms. The summed E-state index contributed by atoms with van der Waals surface area (Å²) in [6.45, 7) is 3.08. The summed E-state index contributed by atoms with van der Waals surface area (Å²) in [6.07, 6.45) is 0. The van der Waals surface area contributed by atoms with Crippen molar-refractivity contribution < 1.29 is 0 Å². The van der Waals surface area contributed by atoms with Gasteiger partial charge in [0.2, 0.25) is 0 Å². The number of hydrogen-bond donors (Lipinski definition) is 1. The topological polar surface area (TPSA) is 28.2 Å². The Morgan fingerprint density at radius 1 is 1.33 bits per heavy atom. The molecule has 1 atom stereocenters. The molecule has 0 saturated heterocycles. The maximum atomic E-state index is 4.35. The number of rotatable bonds is 5. The lowest BCUT2D eigenvalue weighted by Gasteiger charge is -2.18. The molecule has 1 aromatic heterocycles. The standard InChI is InChI=1S/C14H19N3S/c1-11(14-9-18-10-15-14)16-13-7-5-4-6-12(13)8-17(2)3/h4-7,9-11,16H,8H2,1-3H3. The predicted molar refractivity (Wildman–Crippen MR) is 78.0 cm³/mol. The molecule has 1 aromatic carbocycles. The average molecular weight is 261 g/mol. The van der Waals surface area contributed by atoms with Crippen LogP contribution in [0.3, 0.4) is 0 Å². The number of nitrogens with zero attached hydrogens (tertiary/aromatic N) is 2. The molecule has 1 unspecified atom stereocenters. The van der Waals surface area contributed by atoms with Crippen molar-refractivity contribution in [2.24, 2.45) is 0 Å². The summed E-state index contributed by atoms with van der Waals surface area (Å²) in [5.74, 6) is 0. The van der Waals surface area contributed by atoms with E-state index in [1.165, 1.54) is 11.3 Å². The van der Waals surface area contributed by atoms with E-state index in [1.54, 1.807) is 11.3 Å². The zero-order valence-corrected chi connectivity index (χ0v) is 11.9. The number of hydrogen-bond acceptors (Lipinski definition) is 4. The molecule has 96 valence electrons. The van der Waals surface area contributed by atoms with Gasteiger partial charge in [0.05, 0.1) is 17.2 Å². The number of aromatic nitrogens is 1. The summed E-state index contributed by atoms with van der Waals surface area (Å²) in [4.78, 5) is 6.52. The lowest BCUT2D eigenvalue weighted by atomic mass is 10.1. The second-order valence-corrected chi connectivity index (χ2v) is 5.39. The van der Waals surface area contributed by atoms with Crippen molar-refractivity contribution in [3.8, 4) is 0 Å². The smallest absolute Gasteiger partial charge is 0.0795 e. The number of nitrogens with one attached hydrogen (secondary N) is 1. The van der Waals surface area contributed by atoms with Gasteiger partial charge in [0, 0.05) is 17.6 Å². The molecule has 0 radical (unpaired) electrons. The van der Waals surface area contributed by atoms with E-state index >= 15 is 0 Å². The van der Waals surface area contributed by atoms with Crippen LogP contribution >= 0.6 is 11.3 Å². The fourth-order valence-electron chi connectivity index (χ4n) is 1.88. The Hall–Kier alpha value is -1.39. The van der Waals surface area contributed by atoms with Crippen LogP contribution < -0.4 is 5.32 Å². The van der Waals surface area contributed by atoms with Crippen molar-refractivity contribution in [2.75, 3.05) is 19.4 Å². The molecule has 0 saturated carbocycles. The largest absolute Gasteiger partial charge is 0.377 e. The molecular formula is C14H19N3S. The Morgan fingerprint density at radius 2 is 2.11 bits per heavy atom. The van der Waals surface area contributed by atoms with Gasteiger partial charge in [-0.15, -0.1) is 11.3 Å². The fourth-order valence-corrected chi connectivity index (χ4v) is 2.53. The van der Waals surface area contributed by atoms with Crippen LogP contribution in [-0.2, 0) is 6.54 Å².